The van der Waals surface area contributed by atoms with Crippen molar-refractivity contribution in [1.29, 1.82) is 0 Å². The Morgan fingerprint density at radius 1 is 1.30 bits per heavy atom. The predicted molar refractivity (Wildman–Crippen MR) is 95.0 cm³/mol. The summed E-state index contributed by atoms with van der Waals surface area (Å²) in [5, 5.41) is 0.514. The summed E-state index contributed by atoms with van der Waals surface area (Å²) in [6.45, 7) is 5.21. The van der Waals surface area contributed by atoms with E-state index in [9.17, 15) is 9.59 Å². The second kappa shape index (κ2) is 6.83. The number of aryl methyl sites for hydroxylation is 1. The van der Waals surface area contributed by atoms with Crippen LogP contribution in [0.3, 0.4) is 0 Å². The zero-order valence-electron chi connectivity index (χ0n) is 13.6. The molecule has 1 aliphatic rings. The van der Waals surface area contributed by atoms with Crippen molar-refractivity contribution in [3.05, 3.63) is 34.2 Å². The molecule has 1 aromatic heterocycles. The van der Waals surface area contributed by atoms with E-state index in [1.807, 2.05) is 34.9 Å². The maximum absolute atomic E-state index is 12.4. The molecule has 1 saturated heterocycles. The molecule has 124 valence electrons. The normalized spacial score (nSPS) is 21.7. The number of hydrogen-bond acceptors (Lipinski definition) is 3. The van der Waals surface area contributed by atoms with E-state index in [1.54, 1.807) is 0 Å². The van der Waals surface area contributed by atoms with Gasteiger partial charge in [-0.05, 0) is 37.5 Å². The van der Waals surface area contributed by atoms with Crippen LogP contribution in [-0.2, 0) is 11.2 Å². The van der Waals surface area contributed by atoms with Crippen LogP contribution < -0.4 is 5.69 Å². The van der Waals surface area contributed by atoms with Crippen molar-refractivity contribution in [2.75, 3.05) is 12.3 Å². The van der Waals surface area contributed by atoms with Gasteiger partial charge in [-0.25, -0.2) is 4.79 Å². The largest absolute Gasteiger partial charge is 0.338 e. The Labute approximate surface area is 139 Å². The number of fused-ring (bicyclic) bond motifs is 1. The average Bonchev–Trinajstić information content (AvgIpc) is 2.89. The fourth-order valence-corrected chi connectivity index (χ4v) is 4.21. The Hall–Kier alpha value is -1.69. The Morgan fingerprint density at radius 2 is 2.09 bits per heavy atom. The average molecular weight is 333 g/mol. The first-order valence-electron chi connectivity index (χ1n) is 8.16. The molecule has 2 N–H and O–H groups in total. The number of carbonyl (C=O) groups excluding carboxylic acids is 1. The van der Waals surface area contributed by atoms with Gasteiger partial charge in [0.15, 0.2) is 0 Å². The van der Waals surface area contributed by atoms with E-state index >= 15 is 0 Å². The minimum Gasteiger partial charge on any atom is -0.338 e. The van der Waals surface area contributed by atoms with Crippen LogP contribution in [0, 0.1) is 0 Å². The van der Waals surface area contributed by atoms with E-state index in [4.69, 9.17) is 0 Å². The Kier molecular flexibility index (Phi) is 4.80. The topological polar surface area (TPSA) is 69.0 Å². The van der Waals surface area contributed by atoms with Gasteiger partial charge in [-0.15, -0.1) is 0 Å². The molecule has 1 aliphatic heterocycles. The molecule has 5 nitrogen and oxygen atoms in total. The van der Waals surface area contributed by atoms with Crippen LogP contribution in [0.4, 0.5) is 0 Å². The molecular weight excluding hydrogens is 310 g/mol. The van der Waals surface area contributed by atoms with Crippen molar-refractivity contribution in [3.8, 4) is 0 Å². The smallest absolute Gasteiger partial charge is 0.323 e. The summed E-state index contributed by atoms with van der Waals surface area (Å²) in [6, 6.07) is 6.23. The molecule has 3 rings (SSSR count). The van der Waals surface area contributed by atoms with E-state index < -0.39 is 0 Å². The quantitative estimate of drug-likeness (QED) is 0.903. The highest BCUT2D eigenvalue weighted by atomic mass is 32.2. The molecule has 2 heterocycles. The Balaban J connectivity index is 1.55. The van der Waals surface area contributed by atoms with Crippen molar-refractivity contribution in [2.45, 2.75) is 44.4 Å². The SMILES string of the molecule is CC1SCCN(C(=O)CCCc2ccc3[nH]c(=O)[nH]c3c2)C1C. The monoisotopic (exact) mass is 333 g/mol. The third-order valence-corrected chi connectivity index (χ3v) is 5.98. The highest BCUT2D eigenvalue weighted by Gasteiger charge is 2.28. The first-order chi connectivity index (χ1) is 11.0. The lowest BCUT2D eigenvalue weighted by molar-refractivity contribution is -0.133. The highest BCUT2D eigenvalue weighted by Crippen LogP contribution is 2.25. The molecule has 6 heteroatoms. The molecule has 2 unspecified atom stereocenters. The zero-order valence-corrected chi connectivity index (χ0v) is 14.4. The van der Waals surface area contributed by atoms with Crippen molar-refractivity contribution in [2.24, 2.45) is 0 Å². The van der Waals surface area contributed by atoms with Crippen molar-refractivity contribution < 1.29 is 4.79 Å². The molecule has 2 atom stereocenters. The summed E-state index contributed by atoms with van der Waals surface area (Å²) >= 11 is 1.95. The second-order valence-corrected chi connectivity index (χ2v) is 7.70. The lowest BCUT2D eigenvalue weighted by Crippen LogP contribution is -2.47. The van der Waals surface area contributed by atoms with Crippen LogP contribution in [0.5, 0.6) is 0 Å². The van der Waals surface area contributed by atoms with Crippen molar-refractivity contribution >= 4 is 28.7 Å². The number of amides is 1. The van der Waals surface area contributed by atoms with Gasteiger partial charge in [-0.1, -0.05) is 13.0 Å². The van der Waals surface area contributed by atoms with Crippen LogP contribution in [0.15, 0.2) is 23.0 Å². The van der Waals surface area contributed by atoms with Gasteiger partial charge in [-0.3, -0.25) is 4.79 Å². The lowest BCUT2D eigenvalue weighted by atomic mass is 10.1. The number of aromatic nitrogens is 2. The standard InChI is InChI=1S/C17H23N3O2S/c1-11-12(2)23-9-8-20(11)16(21)5-3-4-13-6-7-14-15(10-13)19-17(22)18-14/h6-7,10-12H,3-5,8-9H2,1-2H3,(H2,18,19,22). The van der Waals surface area contributed by atoms with E-state index in [-0.39, 0.29) is 11.6 Å². The Morgan fingerprint density at radius 3 is 2.91 bits per heavy atom. The number of thioether (sulfide) groups is 1. The van der Waals surface area contributed by atoms with Crippen molar-refractivity contribution in [1.82, 2.24) is 14.9 Å². The molecule has 23 heavy (non-hydrogen) atoms. The van der Waals surface area contributed by atoms with Gasteiger partial charge in [0, 0.05) is 30.0 Å². The molecule has 0 aliphatic carbocycles. The van der Waals surface area contributed by atoms with Gasteiger partial charge < -0.3 is 14.9 Å². The molecular formula is C17H23N3O2S. The fraction of sp³-hybridized carbons (Fsp3) is 0.529. The summed E-state index contributed by atoms with van der Waals surface area (Å²) < 4.78 is 0. The minimum absolute atomic E-state index is 0.182. The molecule has 1 fully saturated rings. The molecule has 1 aromatic carbocycles. The first kappa shape index (κ1) is 16.2. The first-order valence-corrected chi connectivity index (χ1v) is 9.21. The number of benzene rings is 1. The minimum atomic E-state index is -0.182. The number of carbonyl (C=O) groups is 1. The molecule has 0 radical (unpaired) electrons. The van der Waals surface area contributed by atoms with Crippen LogP contribution in [-0.4, -0.2) is 44.4 Å². The lowest BCUT2D eigenvalue weighted by Gasteiger charge is -2.37. The summed E-state index contributed by atoms with van der Waals surface area (Å²) in [5.74, 6) is 1.30. The van der Waals surface area contributed by atoms with Gasteiger partial charge in [0.25, 0.3) is 0 Å². The number of imidazole rings is 1. The Bertz CT molecular complexity index is 752. The van der Waals surface area contributed by atoms with Gasteiger partial charge in [0.2, 0.25) is 5.91 Å². The fourth-order valence-electron chi connectivity index (χ4n) is 3.11. The summed E-state index contributed by atoms with van der Waals surface area (Å²) in [6.07, 6.45) is 2.27. The third-order valence-electron chi connectivity index (χ3n) is 4.64. The van der Waals surface area contributed by atoms with Crippen LogP contribution in [0.25, 0.3) is 11.0 Å². The van der Waals surface area contributed by atoms with Crippen LogP contribution >= 0.6 is 11.8 Å². The molecule has 0 bridgehead atoms. The molecule has 0 saturated carbocycles. The number of hydrogen-bond donors (Lipinski definition) is 2. The van der Waals surface area contributed by atoms with Crippen molar-refractivity contribution in [3.63, 3.8) is 0 Å². The summed E-state index contributed by atoms with van der Waals surface area (Å²) in [5.41, 5.74) is 2.62. The van der Waals surface area contributed by atoms with Gasteiger partial charge in [0.1, 0.15) is 0 Å². The summed E-state index contributed by atoms with van der Waals surface area (Å²) in [7, 11) is 0. The van der Waals surface area contributed by atoms with E-state index in [0.29, 0.717) is 17.7 Å². The van der Waals surface area contributed by atoms with Gasteiger partial charge >= 0.3 is 5.69 Å². The molecule has 2 aromatic rings. The van der Waals surface area contributed by atoms with Gasteiger partial charge in [-0.2, -0.15) is 11.8 Å². The number of H-pyrrole nitrogens is 2. The maximum atomic E-state index is 12.4. The predicted octanol–water partition coefficient (Wildman–Crippen LogP) is 2.53. The number of nitrogens with zero attached hydrogens (tertiary/aromatic N) is 1. The number of aromatic amines is 2. The van der Waals surface area contributed by atoms with Crippen LogP contribution in [0.1, 0.15) is 32.3 Å². The maximum Gasteiger partial charge on any atom is 0.323 e. The highest BCUT2D eigenvalue weighted by molar-refractivity contribution is 8.00. The van der Waals surface area contributed by atoms with E-state index in [1.165, 1.54) is 0 Å². The number of rotatable bonds is 4. The van der Waals surface area contributed by atoms with Gasteiger partial charge in [0.05, 0.1) is 11.0 Å². The zero-order chi connectivity index (χ0) is 16.4. The van der Waals surface area contributed by atoms with Crippen LogP contribution in [0.2, 0.25) is 0 Å². The molecule has 0 spiro atoms. The number of nitrogens with one attached hydrogen (secondary N) is 2. The second-order valence-electron chi connectivity index (χ2n) is 6.22. The summed E-state index contributed by atoms with van der Waals surface area (Å²) in [4.78, 5) is 31.2. The third kappa shape index (κ3) is 3.63. The van der Waals surface area contributed by atoms with E-state index in [2.05, 4.69) is 23.8 Å². The van der Waals surface area contributed by atoms with E-state index in [0.717, 1.165) is 41.7 Å². The molecule has 1 amide bonds.